The molecule has 0 aromatic carbocycles. The Bertz CT molecular complexity index is 713. The molecule has 1 aliphatic rings. The highest BCUT2D eigenvalue weighted by atomic mass is 16.7. The van der Waals surface area contributed by atoms with Gasteiger partial charge in [0, 0.05) is 40.5 Å². The molecule has 166 valence electrons. The molecule has 5 atom stereocenters. The summed E-state index contributed by atoms with van der Waals surface area (Å²) in [7, 11) is 0. The molecule has 30 heavy (non-hydrogen) atoms. The molecule has 1 amide bonds. The number of hydrogen-bond donors (Lipinski definition) is 1. The number of carbonyl (C=O) groups is 5. The molecular formula is C19H25NO10. The van der Waals surface area contributed by atoms with Crippen LogP contribution in [0.15, 0.2) is 0 Å². The summed E-state index contributed by atoms with van der Waals surface area (Å²) in [4.78, 5) is 58.4. The fraction of sp³-hybridized carbons (Fsp3) is 0.632. The third kappa shape index (κ3) is 8.08. The first-order valence-electron chi connectivity index (χ1n) is 9.08. The number of nitrogens with one attached hydrogen (secondary N) is 1. The monoisotopic (exact) mass is 427 g/mol. The van der Waals surface area contributed by atoms with Gasteiger partial charge in [0.2, 0.25) is 12.2 Å². The van der Waals surface area contributed by atoms with Crippen molar-refractivity contribution >= 4 is 29.8 Å². The van der Waals surface area contributed by atoms with E-state index >= 15 is 0 Å². The van der Waals surface area contributed by atoms with Crippen molar-refractivity contribution in [1.82, 2.24) is 5.32 Å². The lowest BCUT2D eigenvalue weighted by Crippen LogP contribution is -2.67. The van der Waals surface area contributed by atoms with Crippen molar-refractivity contribution in [2.75, 3.05) is 6.61 Å². The lowest BCUT2D eigenvalue weighted by Gasteiger charge is -2.44. The van der Waals surface area contributed by atoms with Crippen LogP contribution in [0.4, 0.5) is 0 Å². The zero-order valence-corrected chi connectivity index (χ0v) is 17.2. The summed E-state index contributed by atoms with van der Waals surface area (Å²) in [5.41, 5.74) is 0. The van der Waals surface area contributed by atoms with Gasteiger partial charge in [0.05, 0.1) is 0 Å². The van der Waals surface area contributed by atoms with Crippen LogP contribution in [-0.2, 0) is 47.7 Å². The Morgan fingerprint density at radius 2 is 1.47 bits per heavy atom. The van der Waals surface area contributed by atoms with Gasteiger partial charge in [-0.25, -0.2) is 0 Å². The molecule has 2 unspecified atom stereocenters. The molecule has 1 aliphatic heterocycles. The second kappa shape index (κ2) is 11.8. The largest absolute Gasteiger partial charge is 0.463 e. The fourth-order valence-electron chi connectivity index (χ4n) is 2.76. The van der Waals surface area contributed by atoms with E-state index in [-0.39, 0.29) is 19.4 Å². The van der Waals surface area contributed by atoms with Gasteiger partial charge in [-0.2, -0.15) is 0 Å². The smallest absolute Gasteiger partial charge is 0.305 e. The van der Waals surface area contributed by atoms with E-state index in [0.29, 0.717) is 0 Å². The Morgan fingerprint density at radius 1 is 0.900 bits per heavy atom. The summed E-state index contributed by atoms with van der Waals surface area (Å²) in [6, 6.07) is -1.22. The number of amides is 1. The zero-order valence-electron chi connectivity index (χ0n) is 17.2. The average molecular weight is 427 g/mol. The van der Waals surface area contributed by atoms with Crippen LogP contribution < -0.4 is 5.32 Å². The third-order valence-corrected chi connectivity index (χ3v) is 3.81. The van der Waals surface area contributed by atoms with Crippen LogP contribution in [0, 0.1) is 12.3 Å². The van der Waals surface area contributed by atoms with Gasteiger partial charge in [-0.3, -0.25) is 24.0 Å². The zero-order chi connectivity index (χ0) is 22.8. The lowest BCUT2D eigenvalue weighted by atomic mass is 9.96. The maximum absolute atomic E-state index is 12.2. The normalized spacial score (nSPS) is 25.2. The highest BCUT2D eigenvalue weighted by Crippen LogP contribution is 2.28. The van der Waals surface area contributed by atoms with Crippen LogP contribution >= 0.6 is 0 Å². The summed E-state index contributed by atoms with van der Waals surface area (Å²) in [5, 5.41) is 2.54. The molecule has 1 saturated heterocycles. The second-order valence-electron chi connectivity index (χ2n) is 6.40. The van der Waals surface area contributed by atoms with Crippen LogP contribution in [0.1, 0.15) is 40.5 Å². The Morgan fingerprint density at radius 3 is 1.97 bits per heavy atom. The lowest BCUT2D eigenvalue weighted by molar-refractivity contribution is -0.271. The topological polar surface area (TPSA) is 144 Å². The van der Waals surface area contributed by atoms with E-state index in [2.05, 4.69) is 11.2 Å². The summed E-state index contributed by atoms with van der Waals surface area (Å²) in [5.74, 6) is -1.10. The van der Waals surface area contributed by atoms with Crippen molar-refractivity contribution < 1.29 is 47.7 Å². The predicted molar refractivity (Wildman–Crippen MR) is 98.2 cm³/mol. The molecule has 0 spiro atoms. The molecule has 1 heterocycles. The molecule has 11 heteroatoms. The number of terminal acetylenes is 1. The molecule has 0 aromatic heterocycles. The minimum atomic E-state index is -1.42. The molecule has 0 aromatic rings. The molecule has 11 nitrogen and oxygen atoms in total. The molecule has 0 saturated carbocycles. The van der Waals surface area contributed by atoms with E-state index in [9.17, 15) is 24.0 Å². The SMILES string of the molecule is C#CCCC(=O)N[C@H]1C(OC(C)=O)[C@H](OC(C)=O)C(COC(C)=O)O[C@H]1OC(C)=O. The van der Waals surface area contributed by atoms with Crippen LogP contribution in [-0.4, -0.2) is 67.0 Å². The van der Waals surface area contributed by atoms with E-state index in [0.717, 1.165) is 27.7 Å². The Balaban J connectivity index is 3.30. The van der Waals surface area contributed by atoms with Crippen molar-refractivity contribution in [3.05, 3.63) is 0 Å². The summed E-state index contributed by atoms with van der Waals surface area (Å²) in [6.45, 7) is 4.11. The number of carbonyl (C=O) groups excluding carboxylic acids is 5. The number of esters is 4. The highest BCUT2D eigenvalue weighted by Gasteiger charge is 2.52. The Hall–Kier alpha value is -3.13. The number of hydrogen-bond acceptors (Lipinski definition) is 10. The van der Waals surface area contributed by atoms with Crippen molar-refractivity contribution in [2.24, 2.45) is 0 Å². The Kier molecular flexibility index (Phi) is 9.77. The third-order valence-electron chi connectivity index (χ3n) is 3.81. The van der Waals surface area contributed by atoms with Crippen molar-refractivity contribution in [3.63, 3.8) is 0 Å². The van der Waals surface area contributed by atoms with Gasteiger partial charge in [-0.05, 0) is 0 Å². The molecular weight excluding hydrogens is 402 g/mol. The van der Waals surface area contributed by atoms with Gasteiger partial charge in [0.1, 0.15) is 18.8 Å². The fourth-order valence-corrected chi connectivity index (χ4v) is 2.76. The minimum Gasteiger partial charge on any atom is -0.463 e. The molecule has 0 radical (unpaired) electrons. The van der Waals surface area contributed by atoms with Crippen molar-refractivity contribution in [2.45, 2.75) is 71.2 Å². The quantitative estimate of drug-likeness (QED) is 0.309. The van der Waals surface area contributed by atoms with E-state index < -0.39 is 60.4 Å². The maximum atomic E-state index is 12.2. The van der Waals surface area contributed by atoms with Gasteiger partial charge in [-0.15, -0.1) is 12.3 Å². The molecule has 0 bridgehead atoms. The maximum Gasteiger partial charge on any atom is 0.305 e. The van der Waals surface area contributed by atoms with E-state index in [1.807, 2.05) is 0 Å². The second-order valence-corrected chi connectivity index (χ2v) is 6.40. The summed E-state index contributed by atoms with van der Waals surface area (Å²) >= 11 is 0. The summed E-state index contributed by atoms with van der Waals surface area (Å²) in [6.07, 6.45) is 0.0964. The van der Waals surface area contributed by atoms with Crippen LogP contribution in [0.5, 0.6) is 0 Å². The van der Waals surface area contributed by atoms with Crippen LogP contribution in [0.3, 0.4) is 0 Å². The van der Waals surface area contributed by atoms with Crippen LogP contribution in [0.25, 0.3) is 0 Å². The van der Waals surface area contributed by atoms with E-state index in [1.165, 1.54) is 0 Å². The molecule has 1 rings (SSSR count). The van der Waals surface area contributed by atoms with Gasteiger partial charge in [-0.1, -0.05) is 0 Å². The van der Waals surface area contributed by atoms with Gasteiger partial charge < -0.3 is 29.0 Å². The van der Waals surface area contributed by atoms with Crippen LogP contribution in [0.2, 0.25) is 0 Å². The Labute approximate surface area is 173 Å². The first-order chi connectivity index (χ1) is 14.0. The summed E-state index contributed by atoms with van der Waals surface area (Å²) < 4.78 is 26.2. The number of ether oxygens (including phenoxy) is 5. The molecule has 1 fully saturated rings. The van der Waals surface area contributed by atoms with Crippen molar-refractivity contribution in [1.29, 1.82) is 0 Å². The highest BCUT2D eigenvalue weighted by molar-refractivity contribution is 5.77. The van der Waals surface area contributed by atoms with E-state index in [4.69, 9.17) is 30.1 Å². The van der Waals surface area contributed by atoms with Gasteiger partial charge in [0.15, 0.2) is 12.2 Å². The average Bonchev–Trinajstić information content (AvgIpc) is 2.62. The minimum absolute atomic E-state index is 0.0539. The van der Waals surface area contributed by atoms with Crippen molar-refractivity contribution in [3.8, 4) is 12.3 Å². The van der Waals surface area contributed by atoms with Gasteiger partial charge in [0.25, 0.3) is 0 Å². The molecule has 0 aliphatic carbocycles. The predicted octanol–water partition coefficient (Wildman–Crippen LogP) is -0.401. The molecule has 1 N–H and O–H groups in total. The number of rotatable bonds is 8. The van der Waals surface area contributed by atoms with Gasteiger partial charge >= 0.3 is 23.9 Å². The standard InChI is InChI=1S/C19H25NO10/c1-6-7-8-15(25)20-16-18(28-12(4)23)17(27-11(3)22)14(9-26-10(2)21)30-19(16)29-13(5)24/h1,14,16-19H,7-9H2,2-5H3,(H,20,25)/t14?,16-,17+,18?,19+/m0/s1. The van der Waals surface area contributed by atoms with E-state index in [1.54, 1.807) is 0 Å². The first kappa shape index (κ1) is 24.9. The first-order valence-corrected chi connectivity index (χ1v) is 9.08.